The molecule has 48 heavy (non-hydrogen) atoms. The van der Waals surface area contributed by atoms with Gasteiger partial charge in [-0.15, -0.1) is 10.2 Å². The van der Waals surface area contributed by atoms with Gasteiger partial charge in [-0.3, -0.25) is 10.1 Å². The minimum absolute atomic E-state index is 0. The third-order valence-corrected chi connectivity index (χ3v) is 7.42. The Morgan fingerprint density at radius 1 is 1.00 bits per heavy atom. The predicted octanol–water partition coefficient (Wildman–Crippen LogP) is 7.92. The number of benzene rings is 1. The number of rotatable bonds is 4. The Labute approximate surface area is 268 Å². The Kier molecular flexibility index (Phi) is 10.6. The second kappa shape index (κ2) is 13.1. The molecule has 2 aliphatic heterocycles. The third kappa shape index (κ3) is 7.02. The minimum atomic E-state index is -5.10. The number of allylic oxidation sites excluding steroid dienone is 1. The van der Waals surface area contributed by atoms with Crippen LogP contribution in [0.3, 0.4) is 0 Å². The number of nitrogens with zero attached hydrogens (tertiary/aromatic N) is 3. The summed E-state index contributed by atoms with van der Waals surface area (Å²) in [5.74, 6) is -2.56. The van der Waals surface area contributed by atoms with E-state index in [-0.39, 0.29) is 21.3 Å². The fourth-order valence-corrected chi connectivity index (χ4v) is 5.43. The first-order chi connectivity index (χ1) is 20.8. The fourth-order valence-electron chi connectivity index (χ4n) is 5.43. The quantitative estimate of drug-likeness (QED) is 0.123. The number of ketones is 1. The summed E-state index contributed by atoms with van der Waals surface area (Å²) in [4.78, 5) is 26.0. The van der Waals surface area contributed by atoms with Crippen LogP contribution in [0.25, 0.3) is 11.6 Å². The number of anilines is 1. The molecule has 0 saturated heterocycles. The van der Waals surface area contributed by atoms with Crippen molar-refractivity contribution in [2.24, 2.45) is 0 Å². The molecule has 1 amide bonds. The molecule has 9 nitrogen and oxygen atoms in total. The summed E-state index contributed by atoms with van der Waals surface area (Å²) in [6, 6.07) is 8.59. The molecule has 0 fully saturated rings. The number of Topliss-reactive ketones (excluding diaryl/α,β-unsaturated/α-hetero) is 1. The van der Waals surface area contributed by atoms with Crippen LogP contribution in [0, 0.1) is 14.9 Å². The van der Waals surface area contributed by atoms with Gasteiger partial charge in [0.1, 0.15) is 16.9 Å². The van der Waals surface area contributed by atoms with Gasteiger partial charge in [-0.05, 0) is 32.4 Å². The Morgan fingerprint density at radius 3 is 2.21 bits per heavy atom. The normalized spacial score (nSPS) is 21.0. The molecule has 0 aliphatic carbocycles. The zero-order valence-corrected chi connectivity index (χ0v) is 29.3. The molecule has 0 radical (unpaired) electrons. The number of carbonyl (C=O) groups excluding carboxylic acids is 2. The summed E-state index contributed by atoms with van der Waals surface area (Å²) in [5.41, 5.74) is -8.31. The van der Waals surface area contributed by atoms with E-state index in [2.05, 4.69) is 15.5 Å². The van der Waals surface area contributed by atoms with Gasteiger partial charge in [-0.25, -0.2) is 4.79 Å². The molecule has 5 rings (SSSR count). The maximum atomic E-state index is 15.0. The van der Waals surface area contributed by atoms with Gasteiger partial charge in [0, 0.05) is 19.8 Å². The fraction of sp³-hybridized carbons (Fsp3) is 0.406. The van der Waals surface area contributed by atoms with E-state index < -0.39 is 94.8 Å². The van der Waals surface area contributed by atoms with Crippen molar-refractivity contribution in [3.8, 4) is 11.6 Å². The van der Waals surface area contributed by atoms with Crippen LogP contribution in [0.5, 0.6) is 0 Å². The molecule has 3 aromatic rings. The number of fused-ring (bicyclic) bond motifs is 3. The van der Waals surface area contributed by atoms with E-state index in [0.29, 0.717) is 11.6 Å². The second-order valence-electron chi connectivity index (χ2n) is 12.1. The van der Waals surface area contributed by atoms with Crippen molar-refractivity contribution >= 4 is 17.6 Å². The standard InChI is InChI=1S/C30H28F6N4O5.2CH3.Fm/c1-26(2,3)45-25(42)37-19-14-18(29(31,32)33)21-20(41)15-27(4)12-8-9-13-28(30(34,35)36,43-16-17-10-6-5-7-11-17)24-39-38-23(44-24)22(19)40(21)27;;;/h5-11,14H,12-13,15-16H2,1-4H3;2*1H3;/q;2*-1;/p+1/b9-8+;;;. The number of hydrogen-bond acceptors (Lipinski definition) is 7. The molecule has 4 heterocycles. The van der Waals surface area contributed by atoms with Crippen LogP contribution in [0.4, 0.5) is 36.8 Å². The van der Waals surface area contributed by atoms with Crippen molar-refractivity contribution in [1.82, 2.24) is 10.2 Å². The summed E-state index contributed by atoms with van der Waals surface area (Å²) >= 11 is 0. The summed E-state index contributed by atoms with van der Waals surface area (Å²) in [6.07, 6.45) is -10.2. The van der Waals surface area contributed by atoms with Crippen molar-refractivity contribution in [2.45, 2.75) is 82.7 Å². The Bertz CT molecular complexity index is 1670. The molecule has 2 bridgehead atoms. The van der Waals surface area contributed by atoms with Crippen molar-refractivity contribution < 1.29 is 54.4 Å². The van der Waals surface area contributed by atoms with Crippen LogP contribution in [-0.2, 0) is 33.4 Å². The van der Waals surface area contributed by atoms with Crippen molar-refractivity contribution in [1.29, 1.82) is 0 Å². The molecule has 2 aromatic heterocycles. The second-order valence-corrected chi connectivity index (χ2v) is 12.1. The number of nitrogens with one attached hydrogen (secondary N) is 1. The Hall–Kier alpha value is -5.27. The largest absolute Gasteiger partial charge is 0.444 e. The first kappa shape index (κ1) is 38.9. The average molecular weight is 927 g/mol. The van der Waals surface area contributed by atoms with Crippen molar-refractivity contribution in [2.75, 3.05) is 5.32 Å². The van der Waals surface area contributed by atoms with Crippen LogP contribution in [-0.4, -0.2) is 33.9 Å². The number of alkyl halides is 6. The molecule has 0 saturated carbocycles. The molecule has 2 unspecified atom stereocenters. The first-order valence-corrected chi connectivity index (χ1v) is 13.8. The van der Waals surface area contributed by atoms with Crippen LogP contribution < -0.4 is 9.88 Å². The van der Waals surface area contributed by atoms with Gasteiger partial charge >= 0.3 is 24.3 Å². The summed E-state index contributed by atoms with van der Waals surface area (Å²) < 4.78 is 105. The molecular weight excluding hydrogens is 891 g/mol. The summed E-state index contributed by atoms with van der Waals surface area (Å²) in [6.45, 7) is 5.57. The Balaban J connectivity index is 0.00000267. The number of amides is 1. The van der Waals surface area contributed by atoms with E-state index in [1.165, 1.54) is 33.8 Å². The number of aromatic nitrogens is 3. The third-order valence-electron chi connectivity index (χ3n) is 7.42. The molecule has 1 aromatic carbocycles. The maximum absolute atomic E-state index is 15.0. The van der Waals surface area contributed by atoms with Crippen molar-refractivity contribution in [3.05, 3.63) is 86.1 Å². The molecule has 2 aliphatic rings. The van der Waals surface area contributed by atoms with Gasteiger partial charge in [-0.2, -0.15) is 30.9 Å². The summed E-state index contributed by atoms with van der Waals surface area (Å²) in [7, 11) is 0. The van der Waals surface area contributed by atoms with Crippen LogP contribution in [0.15, 0.2) is 53.0 Å². The average Bonchev–Trinajstić information content (AvgIpc) is 3.49. The summed E-state index contributed by atoms with van der Waals surface area (Å²) in [5, 5.41) is 9.72. The van der Waals surface area contributed by atoms with E-state index in [1.54, 1.807) is 30.3 Å². The van der Waals surface area contributed by atoms with E-state index in [9.17, 15) is 35.9 Å². The Morgan fingerprint density at radius 2 is 1.62 bits per heavy atom. The van der Waals surface area contributed by atoms with E-state index >= 15 is 0 Å². The van der Waals surface area contributed by atoms with Crippen molar-refractivity contribution in [3.63, 3.8) is 0 Å². The molecule has 0 spiro atoms. The predicted molar refractivity (Wildman–Crippen MR) is 158 cm³/mol. The van der Waals surface area contributed by atoms with Crippen LogP contribution in [0.1, 0.15) is 74.5 Å². The van der Waals surface area contributed by atoms with E-state index in [1.807, 2.05) is 0 Å². The monoisotopic (exact) mass is 926 g/mol. The van der Waals surface area contributed by atoms with Gasteiger partial charge in [0.25, 0.3) is 17.3 Å². The van der Waals surface area contributed by atoms with Crippen LogP contribution in [0.2, 0.25) is 0 Å². The number of carbonyl (C=O) groups is 2. The molecule has 16 heteroatoms. The van der Waals surface area contributed by atoms with Gasteiger partial charge in [-0.1, -0.05) is 42.5 Å². The number of hydrogen-bond donors (Lipinski definition) is 1. The maximum Gasteiger partial charge on any atom is 0.426 e. The van der Waals surface area contributed by atoms with E-state index in [0.717, 1.165) is 10.6 Å². The number of halogens is 6. The number of ether oxygens (including phenoxy) is 2. The van der Waals surface area contributed by atoms with Crippen LogP contribution >= 0.6 is 0 Å². The van der Waals surface area contributed by atoms with Gasteiger partial charge in [0.15, 0.2) is 5.54 Å². The first-order valence-electron chi connectivity index (χ1n) is 13.8. The topological polar surface area (TPSA) is 107 Å². The van der Waals surface area contributed by atoms with Gasteiger partial charge < -0.3 is 28.7 Å². The van der Waals surface area contributed by atoms with Gasteiger partial charge in [0.2, 0.25) is 11.4 Å². The molecule has 1 N–H and O–H groups in total. The smallest absolute Gasteiger partial charge is 0.426 e. The molecular formula is C32H35F6FmN4O5-. The zero-order chi connectivity index (χ0) is 33.0. The minimum Gasteiger partial charge on any atom is -0.444 e. The van der Waals surface area contributed by atoms with Gasteiger partial charge in [0.05, 0.1) is 13.0 Å². The molecule has 2 atom stereocenters. The SMILES string of the molecule is CC(C)(C)OC(=O)Nc1cc(C(F)(F)F)c2[n+]3c1-c1nnc(o1)C(OCc1ccccc1)(C(F)(F)F)C/C=C/CC3(C)CC2=O.[CH3-].[CH3-].[Fm]. The zero-order valence-electron chi connectivity index (χ0n) is 26.9. The molecule has 268 valence electrons. The number of pyridine rings is 1. The van der Waals surface area contributed by atoms with E-state index in [4.69, 9.17) is 13.9 Å².